The number of Topliss-reactive ketones (excluding diaryl/α,β-unsaturated/α-hetero) is 1. The normalized spacial score (nSPS) is 17.1. The molecule has 1 fully saturated rings. The highest BCUT2D eigenvalue weighted by molar-refractivity contribution is 5.99. The molecule has 0 N–H and O–H groups in total. The minimum Gasteiger partial charge on any atom is -0.496 e. The van der Waals surface area contributed by atoms with Gasteiger partial charge in [0.1, 0.15) is 11.6 Å². The van der Waals surface area contributed by atoms with Crippen LogP contribution in [0.5, 0.6) is 5.75 Å². The van der Waals surface area contributed by atoms with Gasteiger partial charge in [-0.1, -0.05) is 13.0 Å². The molecule has 0 spiro atoms. The van der Waals surface area contributed by atoms with E-state index in [9.17, 15) is 9.18 Å². The third-order valence-corrected chi connectivity index (χ3v) is 4.01. The van der Waals surface area contributed by atoms with Crippen molar-refractivity contribution in [2.45, 2.75) is 26.2 Å². The van der Waals surface area contributed by atoms with E-state index in [4.69, 9.17) is 4.74 Å². The van der Waals surface area contributed by atoms with E-state index in [1.807, 2.05) is 0 Å². The molecular weight excluding hydrogens is 257 g/mol. The Labute approximate surface area is 119 Å². The Bertz CT molecular complexity index is 468. The molecule has 2 rings (SSSR count). The average Bonchev–Trinajstić information content (AvgIpc) is 2.46. The molecule has 1 saturated heterocycles. The number of ketones is 1. The van der Waals surface area contributed by atoms with Crippen molar-refractivity contribution in [2.75, 3.05) is 26.7 Å². The fourth-order valence-electron chi connectivity index (χ4n) is 2.62. The van der Waals surface area contributed by atoms with Crippen LogP contribution in [-0.2, 0) is 0 Å². The largest absolute Gasteiger partial charge is 0.496 e. The molecule has 110 valence electrons. The van der Waals surface area contributed by atoms with Crippen LogP contribution in [0.4, 0.5) is 4.39 Å². The van der Waals surface area contributed by atoms with Crippen molar-refractivity contribution in [3.63, 3.8) is 0 Å². The number of benzene rings is 1. The van der Waals surface area contributed by atoms with E-state index in [-0.39, 0.29) is 11.3 Å². The number of halogens is 1. The number of methoxy groups -OCH3 is 1. The quantitative estimate of drug-likeness (QED) is 0.776. The molecule has 0 aliphatic carbocycles. The van der Waals surface area contributed by atoms with Gasteiger partial charge < -0.3 is 9.64 Å². The Hall–Kier alpha value is -1.42. The Kier molecular flexibility index (Phi) is 5.12. The molecular formula is C16H22FNO2. The Balaban J connectivity index is 1.95. The summed E-state index contributed by atoms with van der Waals surface area (Å²) in [4.78, 5) is 14.5. The van der Waals surface area contributed by atoms with Crippen LogP contribution in [0.3, 0.4) is 0 Å². The molecule has 0 radical (unpaired) electrons. The molecule has 0 bridgehead atoms. The number of nitrogens with zero attached hydrogens (tertiary/aromatic N) is 1. The van der Waals surface area contributed by atoms with Crippen LogP contribution >= 0.6 is 0 Å². The highest BCUT2D eigenvalue weighted by atomic mass is 19.1. The molecule has 0 unspecified atom stereocenters. The fraction of sp³-hybridized carbons (Fsp3) is 0.562. The van der Waals surface area contributed by atoms with Crippen molar-refractivity contribution in [2.24, 2.45) is 5.92 Å². The van der Waals surface area contributed by atoms with Gasteiger partial charge in [0.2, 0.25) is 0 Å². The third-order valence-electron chi connectivity index (χ3n) is 4.01. The standard InChI is InChI=1S/C16H22FNO2/c1-12-6-9-18(10-7-12)11-8-14(19)16-13(17)4-3-5-15(16)20-2/h3-5,12H,6-11H2,1-2H3. The highest BCUT2D eigenvalue weighted by Crippen LogP contribution is 2.23. The van der Waals surface area contributed by atoms with E-state index < -0.39 is 5.82 Å². The Morgan fingerprint density at radius 3 is 2.75 bits per heavy atom. The molecule has 3 nitrogen and oxygen atoms in total. The van der Waals surface area contributed by atoms with Gasteiger partial charge in [0.15, 0.2) is 5.78 Å². The van der Waals surface area contributed by atoms with Gasteiger partial charge in [-0.25, -0.2) is 4.39 Å². The summed E-state index contributed by atoms with van der Waals surface area (Å²) in [6.07, 6.45) is 2.69. The summed E-state index contributed by atoms with van der Waals surface area (Å²) in [5.74, 6) is 0.413. The predicted octanol–water partition coefficient (Wildman–Crippen LogP) is 3.14. The molecule has 1 aromatic carbocycles. The lowest BCUT2D eigenvalue weighted by Gasteiger charge is -2.29. The first-order valence-corrected chi connectivity index (χ1v) is 7.20. The molecule has 20 heavy (non-hydrogen) atoms. The number of piperidine rings is 1. The first-order valence-electron chi connectivity index (χ1n) is 7.20. The topological polar surface area (TPSA) is 29.5 Å². The second kappa shape index (κ2) is 6.84. The molecule has 4 heteroatoms. The van der Waals surface area contributed by atoms with Crippen molar-refractivity contribution < 1.29 is 13.9 Å². The van der Waals surface area contributed by atoms with Gasteiger partial charge in [-0.15, -0.1) is 0 Å². The maximum absolute atomic E-state index is 13.8. The zero-order valence-electron chi connectivity index (χ0n) is 12.2. The van der Waals surface area contributed by atoms with Crippen LogP contribution < -0.4 is 4.74 Å². The molecule has 1 aliphatic heterocycles. The lowest BCUT2D eigenvalue weighted by Crippen LogP contribution is -2.34. The summed E-state index contributed by atoms with van der Waals surface area (Å²) in [5.41, 5.74) is 0.0837. The number of rotatable bonds is 5. The first-order chi connectivity index (χ1) is 9.61. The van der Waals surface area contributed by atoms with Gasteiger partial charge in [-0.05, 0) is 44.0 Å². The molecule has 1 aromatic rings. The van der Waals surface area contributed by atoms with Crippen molar-refractivity contribution >= 4 is 5.78 Å². The fourth-order valence-corrected chi connectivity index (χ4v) is 2.62. The number of carbonyl (C=O) groups excluding carboxylic acids is 1. The first kappa shape index (κ1) is 15.0. The minimum atomic E-state index is -0.499. The molecule has 0 aromatic heterocycles. The maximum Gasteiger partial charge on any atom is 0.170 e. The summed E-state index contributed by atoms with van der Waals surface area (Å²) in [6.45, 7) is 5.02. The summed E-state index contributed by atoms with van der Waals surface area (Å²) in [7, 11) is 1.46. The van der Waals surface area contributed by atoms with Crippen molar-refractivity contribution in [3.8, 4) is 5.75 Å². The van der Waals surface area contributed by atoms with Gasteiger partial charge in [-0.3, -0.25) is 4.79 Å². The lowest BCUT2D eigenvalue weighted by molar-refractivity contribution is 0.0946. The number of carbonyl (C=O) groups is 1. The van der Waals surface area contributed by atoms with E-state index in [0.717, 1.165) is 19.0 Å². The van der Waals surface area contributed by atoms with Crippen LogP contribution in [0, 0.1) is 11.7 Å². The van der Waals surface area contributed by atoms with Crippen LogP contribution in [-0.4, -0.2) is 37.4 Å². The van der Waals surface area contributed by atoms with Gasteiger partial charge >= 0.3 is 0 Å². The average molecular weight is 279 g/mol. The third kappa shape index (κ3) is 3.57. The van der Waals surface area contributed by atoms with Crippen LogP contribution in [0.25, 0.3) is 0 Å². The molecule has 0 amide bonds. The van der Waals surface area contributed by atoms with E-state index in [1.165, 1.54) is 26.0 Å². The smallest absolute Gasteiger partial charge is 0.170 e. The number of ether oxygens (including phenoxy) is 1. The van der Waals surface area contributed by atoms with E-state index >= 15 is 0 Å². The van der Waals surface area contributed by atoms with Gasteiger partial charge in [-0.2, -0.15) is 0 Å². The second-order valence-corrected chi connectivity index (χ2v) is 5.51. The SMILES string of the molecule is COc1cccc(F)c1C(=O)CCN1CCC(C)CC1. The monoisotopic (exact) mass is 279 g/mol. The van der Waals surface area contributed by atoms with Crippen molar-refractivity contribution in [3.05, 3.63) is 29.6 Å². The molecule has 1 aliphatic rings. The maximum atomic E-state index is 13.8. The minimum absolute atomic E-state index is 0.0837. The Morgan fingerprint density at radius 2 is 2.10 bits per heavy atom. The van der Waals surface area contributed by atoms with E-state index in [1.54, 1.807) is 12.1 Å². The van der Waals surface area contributed by atoms with Crippen LogP contribution in [0.2, 0.25) is 0 Å². The molecule has 1 heterocycles. The van der Waals surface area contributed by atoms with Crippen LogP contribution in [0.15, 0.2) is 18.2 Å². The summed E-state index contributed by atoms with van der Waals surface area (Å²) in [5, 5.41) is 0. The number of hydrogen-bond donors (Lipinski definition) is 0. The second-order valence-electron chi connectivity index (χ2n) is 5.51. The highest BCUT2D eigenvalue weighted by Gasteiger charge is 2.20. The lowest BCUT2D eigenvalue weighted by atomic mass is 9.98. The van der Waals surface area contributed by atoms with Crippen LogP contribution in [0.1, 0.15) is 36.5 Å². The van der Waals surface area contributed by atoms with Gasteiger partial charge in [0.05, 0.1) is 12.7 Å². The van der Waals surface area contributed by atoms with Gasteiger partial charge in [0.25, 0.3) is 0 Å². The Morgan fingerprint density at radius 1 is 1.40 bits per heavy atom. The summed E-state index contributed by atoms with van der Waals surface area (Å²) < 4.78 is 18.9. The summed E-state index contributed by atoms with van der Waals surface area (Å²) >= 11 is 0. The summed E-state index contributed by atoms with van der Waals surface area (Å²) in [6, 6.07) is 4.48. The number of hydrogen-bond acceptors (Lipinski definition) is 3. The van der Waals surface area contributed by atoms with E-state index in [2.05, 4.69) is 11.8 Å². The number of likely N-dealkylation sites (tertiary alicyclic amines) is 1. The predicted molar refractivity (Wildman–Crippen MR) is 76.7 cm³/mol. The van der Waals surface area contributed by atoms with Crippen molar-refractivity contribution in [1.82, 2.24) is 4.90 Å². The van der Waals surface area contributed by atoms with Gasteiger partial charge in [0, 0.05) is 13.0 Å². The zero-order chi connectivity index (χ0) is 14.5. The van der Waals surface area contributed by atoms with Crippen molar-refractivity contribution in [1.29, 1.82) is 0 Å². The molecule has 0 atom stereocenters. The van der Waals surface area contributed by atoms with E-state index in [0.29, 0.717) is 18.7 Å². The molecule has 0 saturated carbocycles. The zero-order valence-corrected chi connectivity index (χ0v) is 12.2.